The first-order valence-electron chi connectivity index (χ1n) is 8.60. The number of halogens is 1. The van der Waals surface area contributed by atoms with Crippen LogP contribution in [0.3, 0.4) is 0 Å². The van der Waals surface area contributed by atoms with E-state index in [9.17, 15) is 9.90 Å². The molecule has 1 amide bonds. The largest absolute Gasteiger partial charge is 0.392 e. The molecule has 6 heteroatoms. The van der Waals surface area contributed by atoms with Gasteiger partial charge in [-0.2, -0.15) is 0 Å². The Morgan fingerprint density at radius 2 is 2.08 bits per heavy atom. The third-order valence-electron chi connectivity index (χ3n) is 5.90. The number of carbonyl (C=O) groups excluding carboxylic acids is 1. The SMILES string of the molecule is CO[C@H]1C[C@@H](O)C12CCN(C(=O)c1ccc3cccc(Cl)c3n1)CC2. The van der Waals surface area contributed by atoms with Crippen molar-refractivity contribution in [3.05, 3.63) is 41.0 Å². The lowest BCUT2D eigenvalue weighted by Gasteiger charge is -2.56. The summed E-state index contributed by atoms with van der Waals surface area (Å²) in [6, 6.07) is 9.20. The smallest absolute Gasteiger partial charge is 0.272 e. The Hall–Kier alpha value is -1.69. The van der Waals surface area contributed by atoms with Gasteiger partial charge in [0.1, 0.15) is 5.69 Å². The van der Waals surface area contributed by atoms with Crippen molar-refractivity contribution in [3.8, 4) is 0 Å². The molecule has 1 spiro atoms. The average Bonchev–Trinajstić information content (AvgIpc) is 2.65. The number of nitrogens with zero attached hydrogens (tertiary/aromatic N) is 2. The molecule has 0 radical (unpaired) electrons. The first-order valence-corrected chi connectivity index (χ1v) is 8.98. The van der Waals surface area contributed by atoms with E-state index in [1.807, 2.05) is 23.1 Å². The number of para-hydroxylation sites is 1. The van der Waals surface area contributed by atoms with Gasteiger partial charge in [-0.25, -0.2) is 4.98 Å². The first-order chi connectivity index (χ1) is 12.0. The van der Waals surface area contributed by atoms with Crippen LogP contribution < -0.4 is 0 Å². The Morgan fingerprint density at radius 3 is 2.76 bits per heavy atom. The molecule has 1 N–H and O–H groups in total. The van der Waals surface area contributed by atoms with E-state index in [2.05, 4.69) is 4.98 Å². The normalized spacial score (nSPS) is 25.2. The number of carbonyl (C=O) groups is 1. The lowest BCUT2D eigenvalue weighted by atomic mass is 9.58. The third kappa shape index (κ3) is 2.62. The number of hydrogen-bond acceptors (Lipinski definition) is 4. The van der Waals surface area contributed by atoms with Gasteiger partial charge in [0.05, 0.1) is 22.7 Å². The number of pyridine rings is 1. The van der Waals surface area contributed by atoms with Crippen LogP contribution in [0.4, 0.5) is 0 Å². The molecule has 1 aliphatic heterocycles. The summed E-state index contributed by atoms with van der Waals surface area (Å²) in [7, 11) is 1.69. The van der Waals surface area contributed by atoms with Gasteiger partial charge in [0, 0.05) is 37.4 Å². The second-order valence-corrected chi connectivity index (χ2v) is 7.42. The van der Waals surface area contributed by atoms with Crippen molar-refractivity contribution in [3.63, 3.8) is 0 Å². The number of rotatable bonds is 2. The summed E-state index contributed by atoms with van der Waals surface area (Å²) in [4.78, 5) is 19.1. The Labute approximate surface area is 151 Å². The fraction of sp³-hybridized carbons (Fsp3) is 0.474. The Balaban J connectivity index is 1.52. The number of methoxy groups -OCH3 is 1. The zero-order valence-electron chi connectivity index (χ0n) is 14.1. The number of benzene rings is 1. The van der Waals surface area contributed by atoms with Gasteiger partial charge in [-0.05, 0) is 25.0 Å². The van der Waals surface area contributed by atoms with E-state index < -0.39 is 0 Å². The lowest BCUT2D eigenvalue weighted by molar-refractivity contribution is -0.199. The molecule has 25 heavy (non-hydrogen) atoms. The number of amides is 1. The fourth-order valence-electron chi connectivity index (χ4n) is 4.23. The number of aromatic nitrogens is 1. The molecule has 2 atom stereocenters. The molecule has 4 rings (SSSR count). The highest BCUT2D eigenvalue weighted by molar-refractivity contribution is 6.35. The van der Waals surface area contributed by atoms with Gasteiger partial charge in [-0.3, -0.25) is 4.79 Å². The predicted octanol–water partition coefficient (Wildman–Crippen LogP) is 2.89. The van der Waals surface area contributed by atoms with Crippen molar-refractivity contribution < 1.29 is 14.6 Å². The monoisotopic (exact) mass is 360 g/mol. The molecule has 1 aliphatic carbocycles. The van der Waals surface area contributed by atoms with Crippen molar-refractivity contribution in [2.45, 2.75) is 31.5 Å². The molecule has 2 aliphatic rings. The van der Waals surface area contributed by atoms with Crippen LogP contribution in [0.15, 0.2) is 30.3 Å². The van der Waals surface area contributed by atoms with Crippen molar-refractivity contribution in [1.82, 2.24) is 9.88 Å². The van der Waals surface area contributed by atoms with Gasteiger partial charge in [0.2, 0.25) is 0 Å². The highest BCUT2D eigenvalue weighted by Crippen LogP contribution is 2.50. The number of aliphatic hydroxyl groups excluding tert-OH is 1. The van der Waals surface area contributed by atoms with Crippen LogP contribution in [0.25, 0.3) is 10.9 Å². The van der Waals surface area contributed by atoms with Gasteiger partial charge in [0.15, 0.2) is 0 Å². The molecule has 1 saturated carbocycles. The molecule has 0 bridgehead atoms. The molecular formula is C19H21ClN2O3. The number of aliphatic hydroxyl groups is 1. The lowest BCUT2D eigenvalue weighted by Crippen LogP contribution is -2.62. The van der Waals surface area contributed by atoms with Crippen molar-refractivity contribution >= 4 is 28.4 Å². The topological polar surface area (TPSA) is 62.7 Å². The Bertz CT molecular complexity index is 817. The minimum atomic E-state index is -0.327. The number of ether oxygens (including phenoxy) is 1. The van der Waals surface area contributed by atoms with Crippen LogP contribution in [0, 0.1) is 5.41 Å². The van der Waals surface area contributed by atoms with E-state index in [1.54, 1.807) is 19.2 Å². The van der Waals surface area contributed by atoms with E-state index in [-0.39, 0.29) is 23.5 Å². The fourth-order valence-corrected chi connectivity index (χ4v) is 4.45. The van der Waals surface area contributed by atoms with Gasteiger partial charge in [-0.1, -0.05) is 29.8 Å². The van der Waals surface area contributed by atoms with Crippen molar-refractivity contribution in [2.24, 2.45) is 5.41 Å². The number of fused-ring (bicyclic) bond motifs is 1. The van der Waals surface area contributed by atoms with E-state index in [0.29, 0.717) is 35.7 Å². The zero-order valence-corrected chi connectivity index (χ0v) is 14.9. The molecule has 2 fully saturated rings. The standard InChI is InChI=1S/C19H21ClN2O3/c1-25-16-11-15(23)19(16)7-9-22(10-8-19)18(24)14-6-5-12-3-2-4-13(20)17(12)21-14/h2-6,15-16,23H,7-11H2,1H3/t15-,16+/m1/s1. The summed E-state index contributed by atoms with van der Waals surface area (Å²) < 4.78 is 5.50. The maximum atomic E-state index is 12.8. The van der Waals surface area contributed by atoms with Crippen molar-refractivity contribution in [1.29, 1.82) is 0 Å². The van der Waals surface area contributed by atoms with Crippen LogP contribution >= 0.6 is 11.6 Å². The number of likely N-dealkylation sites (tertiary alicyclic amines) is 1. The van der Waals surface area contributed by atoms with Crippen LogP contribution in [0.5, 0.6) is 0 Å². The van der Waals surface area contributed by atoms with Gasteiger partial charge >= 0.3 is 0 Å². The highest BCUT2D eigenvalue weighted by Gasteiger charge is 2.56. The van der Waals surface area contributed by atoms with Gasteiger partial charge in [-0.15, -0.1) is 0 Å². The maximum Gasteiger partial charge on any atom is 0.272 e. The quantitative estimate of drug-likeness (QED) is 0.894. The van der Waals surface area contributed by atoms with Crippen LogP contribution in [0.2, 0.25) is 5.02 Å². The van der Waals surface area contributed by atoms with Crippen LogP contribution in [-0.2, 0) is 4.74 Å². The van der Waals surface area contributed by atoms with Crippen LogP contribution in [-0.4, -0.2) is 53.3 Å². The summed E-state index contributed by atoms with van der Waals surface area (Å²) in [6.45, 7) is 1.22. The maximum absolute atomic E-state index is 12.8. The van der Waals surface area contributed by atoms with E-state index >= 15 is 0 Å². The molecule has 1 aromatic heterocycles. The summed E-state index contributed by atoms with van der Waals surface area (Å²) in [5, 5.41) is 11.7. The molecule has 5 nitrogen and oxygen atoms in total. The molecule has 1 saturated heterocycles. The summed E-state index contributed by atoms with van der Waals surface area (Å²) >= 11 is 6.20. The summed E-state index contributed by atoms with van der Waals surface area (Å²) in [5.74, 6) is -0.0838. The van der Waals surface area contributed by atoms with Gasteiger partial charge < -0.3 is 14.7 Å². The minimum absolute atomic E-state index is 0.0838. The van der Waals surface area contributed by atoms with Crippen LogP contribution in [0.1, 0.15) is 29.8 Å². The zero-order chi connectivity index (χ0) is 17.6. The second-order valence-electron chi connectivity index (χ2n) is 7.01. The van der Waals surface area contributed by atoms with E-state index in [4.69, 9.17) is 16.3 Å². The summed E-state index contributed by atoms with van der Waals surface area (Å²) in [5.41, 5.74) is 0.873. The molecule has 0 unspecified atom stereocenters. The molecule has 2 aromatic rings. The number of piperidine rings is 1. The molecule has 1 aromatic carbocycles. The third-order valence-corrected chi connectivity index (χ3v) is 6.20. The van der Waals surface area contributed by atoms with E-state index in [1.165, 1.54) is 0 Å². The Morgan fingerprint density at radius 1 is 1.32 bits per heavy atom. The molecule has 2 heterocycles. The van der Waals surface area contributed by atoms with Crippen molar-refractivity contribution in [2.75, 3.05) is 20.2 Å². The minimum Gasteiger partial charge on any atom is -0.392 e. The van der Waals surface area contributed by atoms with Gasteiger partial charge in [0.25, 0.3) is 5.91 Å². The highest BCUT2D eigenvalue weighted by atomic mass is 35.5. The molecule has 132 valence electrons. The Kier molecular flexibility index (Phi) is 4.18. The second kappa shape index (κ2) is 6.24. The first kappa shape index (κ1) is 16.8. The predicted molar refractivity (Wildman–Crippen MR) is 95.7 cm³/mol. The number of hydrogen-bond donors (Lipinski definition) is 1. The summed E-state index contributed by atoms with van der Waals surface area (Å²) in [6.07, 6.45) is 1.97. The molecular weight excluding hydrogens is 340 g/mol. The van der Waals surface area contributed by atoms with E-state index in [0.717, 1.165) is 18.2 Å². The average molecular weight is 361 g/mol.